The molecule has 0 atom stereocenters. The molecule has 0 saturated carbocycles. The molecule has 0 spiro atoms. The van der Waals surface area contributed by atoms with E-state index in [4.69, 9.17) is 14.7 Å². The summed E-state index contributed by atoms with van der Waals surface area (Å²) in [6.07, 6.45) is 4.48. The summed E-state index contributed by atoms with van der Waals surface area (Å²) in [6.45, 7) is 0. The van der Waals surface area contributed by atoms with Crippen LogP contribution < -0.4 is 0 Å². The molecular weight excluding hydrogens is 270 g/mol. The van der Waals surface area contributed by atoms with Crippen molar-refractivity contribution in [2.24, 2.45) is 5.16 Å². The predicted octanol–water partition coefficient (Wildman–Crippen LogP) is 3.35. The molecule has 2 N–H and O–H groups in total. The first-order chi connectivity index (χ1) is 10.2. The first-order valence-corrected chi connectivity index (χ1v) is 7.16. The second-order valence-corrected chi connectivity index (χ2v) is 5.36. The molecular formula is C16H17NO4. The van der Waals surface area contributed by atoms with Crippen molar-refractivity contribution in [3.05, 3.63) is 35.1 Å². The highest BCUT2D eigenvalue weighted by Crippen LogP contribution is 2.32. The first kappa shape index (κ1) is 13.7. The van der Waals surface area contributed by atoms with Crippen LogP contribution >= 0.6 is 0 Å². The molecule has 21 heavy (non-hydrogen) atoms. The summed E-state index contributed by atoms with van der Waals surface area (Å²) in [5.41, 5.74) is 3.15. The summed E-state index contributed by atoms with van der Waals surface area (Å²) >= 11 is 0. The molecule has 1 aromatic heterocycles. The monoisotopic (exact) mass is 287 g/mol. The van der Waals surface area contributed by atoms with Crippen molar-refractivity contribution in [1.29, 1.82) is 0 Å². The van der Waals surface area contributed by atoms with E-state index in [1.165, 1.54) is 12.0 Å². The van der Waals surface area contributed by atoms with Gasteiger partial charge < -0.3 is 14.7 Å². The average Bonchev–Trinajstić information content (AvgIpc) is 2.85. The quantitative estimate of drug-likeness (QED) is 0.513. The van der Waals surface area contributed by atoms with Crippen LogP contribution in [-0.4, -0.2) is 22.0 Å². The van der Waals surface area contributed by atoms with E-state index in [-0.39, 0.29) is 12.8 Å². The zero-order chi connectivity index (χ0) is 14.8. The van der Waals surface area contributed by atoms with Crippen LogP contribution in [-0.2, 0) is 17.6 Å². The summed E-state index contributed by atoms with van der Waals surface area (Å²) in [4.78, 5) is 10.6. The Bertz CT molecular complexity index is 714. The normalized spacial score (nSPS) is 15.1. The van der Waals surface area contributed by atoms with Gasteiger partial charge in [-0.15, -0.1) is 0 Å². The summed E-state index contributed by atoms with van der Waals surface area (Å²) < 4.78 is 5.90. The Morgan fingerprint density at radius 3 is 2.81 bits per heavy atom. The van der Waals surface area contributed by atoms with E-state index < -0.39 is 5.97 Å². The Hall–Kier alpha value is -2.30. The first-order valence-electron chi connectivity index (χ1n) is 7.16. The number of hydrogen-bond acceptors (Lipinski definition) is 4. The molecule has 0 unspecified atom stereocenters. The number of carboxylic acids is 1. The second kappa shape index (κ2) is 5.60. The minimum Gasteiger partial charge on any atom is -0.481 e. The zero-order valence-electron chi connectivity index (χ0n) is 11.6. The number of fused-ring (bicyclic) bond motifs is 3. The fraction of sp³-hybridized carbons (Fsp3) is 0.375. The Balaban J connectivity index is 1.95. The fourth-order valence-electron chi connectivity index (χ4n) is 2.92. The van der Waals surface area contributed by atoms with Crippen molar-refractivity contribution in [3.8, 4) is 0 Å². The Kier molecular flexibility index (Phi) is 3.64. The number of aliphatic carboxylic acids is 1. The number of rotatable bonds is 4. The number of hydrogen-bond donors (Lipinski definition) is 2. The van der Waals surface area contributed by atoms with Gasteiger partial charge in [0.2, 0.25) is 0 Å². The maximum absolute atomic E-state index is 10.6. The summed E-state index contributed by atoms with van der Waals surface area (Å²) in [7, 11) is 0. The van der Waals surface area contributed by atoms with Gasteiger partial charge in [-0.1, -0.05) is 17.3 Å². The van der Waals surface area contributed by atoms with Gasteiger partial charge in [-0.3, -0.25) is 4.79 Å². The Morgan fingerprint density at radius 1 is 1.24 bits per heavy atom. The minimum absolute atomic E-state index is 0.0634. The Labute approximate surface area is 121 Å². The van der Waals surface area contributed by atoms with Gasteiger partial charge in [-0.25, -0.2) is 0 Å². The minimum atomic E-state index is -0.911. The van der Waals surface area contributed by atoms with E-state index >= 15 is 0 Å². The third kappa shape index (κ3) is 2.63. The predicted molar refractivity (Wildman–Crippen MR) is 78.0 cm³/mol. The van der Waals surface area contributed by atoms with E-state index in [9.17, 15) is 4.79 Å². The van der Waals surface area contributed by atoms with Crippen molar-refractivity contribution in [3.63, 3.8) is 0 Å². The molecule has 0 bridgehead atoms. The largest absolute Gasteiger partial charge is 0.481 e. The number of nitrogens with zero attached hydrogens (tertiary/aromatic N) is 1. The average molecular weight is 287 g/mol. The van der Waals surface area contributed by atoms with Gasteiger partial charge in [0.1, 0.15) is 11.3 Å². The number of benzene rings is 1. The van der Waals surface area contributed by atoms with Crippen molar-refractivity contribution in [2.45, 2.75) is 38.5 Å². The third-order valence-corrected chi connectivity index (χ3v) is 3.99. The van der Waals surface area contributed by atoms with Crippen LogP contribution in [0, 0.1) is 0 Å². The summed E-state index contributed by atoms with van der Waals surface area (Å²) in [5.74, 6) is 0.145. The molecule has 1 aliphatic carbocycles. The van der Waals surface area contributed by atoms with Crippen LogP contribution in [0.4, 0.5) is 0 Å². The highest BCUT2D eigenvalue weighted by molar-refractivity contribution is 6.03. The van der Waals surface area contributed by atoms with Crippen LogP contribution in [0.3, 0.4) is 0 Å². The molecule has 1 aromatic carbocycles. The molecule has 0 amide bonds. The van der Waals surface area contributed by atoms with Gasteiger partial charge in [0.25, 0.3) is 0 Å². The molecule has 1 heterocycles. The zero-order valence-corrected chi connectivity index (χ0v) is 11.6. The number of carboxylic acid groups (broad SMARTS) is 1. The molecule has 0 aliphatic heterocycles. The molecule has 0 saturated heterocycles. The smallest absolute Gasteiger partial charge is 0.303 e. The van der Waals surface area contributed by atoms with E-state index in [1.54, 1.807) is 0 Å². The van der Waals surface area contributed by atoms with Gasteiger partial charge in [-0.2, -0.15) is 0 Å². The second-order valence-electron chi connectivity index (χ2n) is 5.36. The van der Waals surface area contributed by atoms with Crippen molar-refractivity contribution < 1.29 is 19.5 Å². The molecule has 2 aromatic rings. The lowest BCUT2D eigenvalue weighted by atomic mass is 9.95. The van der Waals surface area contributed by atoms with Crippen molar-refractivity contribution in [2.75, 3.05) is 0 Å². The van der Waals surface area contributed by atoms with Crippen LogP contribution in [0.2, 0.25) is 0 Å². The van der Waals surface area contributed by atoms with Crippen LogP contribution in [0.15, 0.2) is 27.8 Å². The third-order valence-electron chi connectivity index (χ3n) is 3.99. The van der Waals surface area contributed by atoms with Crippen LogP contribution in [0.1, 0.15) is 42.6 Å². The highest BCUT2D eigenvalue weighted by atomic mass is 16.4. The number of aryl methyl sites for hydroxylation is 2. The maximum atomic E-state index is 10.6. The van der Waals surface area contributed by atoms with Gasteiger partial charge in [0.15, 0.2) is 0 Å². The van der Waals surface area contributed by atoms with E-state index in [0.29, 0.717) is 11.3 Å². The Morgan fingerprint density at radius 2 is 2.05 bits per heavy atom. The molecule has 0 fully saturated rings. The number of carbonyl (C=O) groups is 1. The molecule has 1 aliphatic rings. The van der Waals surface area contributed by atoms with E-state index in [1.807, 2.05) is 18.2 Å². The lowest BCUT2D eigenvalue weighted by molar-refractivity contribution is -0.136. The summed E-state index contributed by atoms with van der Waals surface area (Å²) in [6, 6.07) is 5.68. The molecule has 3 rings (SSSR count). The van der Waals surface area contributed by atoms with E-state index in [2.05, 4.69) is 5.16 Å². The van der Waals surface area contributed by atoms with Crippen molar-refractivity contribution >= 4 is 22.7 Å². The van der Waals surface area contributed by atoms with Gasteiger partial charge >= 0.3 is 5.97 Å². The maximum Gasteiger partial charge on any atom is 0.303 e. The van der Waals surface area contributed by atoms with Crippen molar-refractivity contribution in [1.82, 2.24) is 0 Å². The molecule has 110 valence electrons. The lowest BCUT2D eigenvalue weighted by Gasteiger charge is -2.08. The molecule has 5 heteroatoms. The van der Waals surface area contributed by atoms with Gasteiger partial charge in [-0.05, 0) is 25.3 Å². The molecule has 0 radical (unpaired) electrons. The standard InChI is InChI=1S/C16H17NO4/c18-16(19)8-7-13(17-20)10-5-6-12-11-3-1-2-4-14(11)21-15(12)9-10/h5-6,9,20H,1-4,7-8H2,(H,18,19)/b17-13-. The van der Waals surface area contributed by atoms with Crippen LogP contribution in [0.25, 0.3) is 11.0 Å². The lowest BCUT2D eigenvalue weighted by Crippen LogP contribution is -2.05. The fourth-order valence-corrected chi connectivity index (χ4v) is 2.92. The SMILES string of the molecule is O=C(O)CC/C(=N/O)c1ccc2c3c(oc2c1)CCCC3. The van der Waals surface area contributed by atoms with E-state index in [0.717, 1.165) is 36.0 Å². The number of furan rings is 1. The van der Waals surface area contributed by atoms with Gasteiger partial charge in [0.05, 0.1) is 12.1 Å². The topological polar surface area (TPSA) is 83.0 Å². The highest BCUT2D eigenvalue weighted by Gasteiger charge is 2.18. The van der Waals surface area contributed by atoms with Gasteiger partial charge in [0, 0.05) is 29.4 Å². The number of oxime groups is 1. The van der Waals surface area contributed by atoms with Crippen LogP contribution in [0.5, 0.6) is 0 Å². The molecule has 5 nitrogen and oxygen atoms in total. The summed E-state index contributed by atoms with van der Waals surface area (Å²) in [5, 5.41) is 22.2.